The molecule has 0 amide bonds. The topological polar surface area (TPSA) is 38.8 Å². The smallest absolute Gasteiger partial charge is 0.493 e. The van der Waals surface area contributed by atoms with E-state index >= 15 is 0 Å². The fourth-order valence-corrected chi connectivity index (χ4v) is 4.12. The average molecular weight is 343 g/mol. The molecular formula is C17H20F3NO3. The van der Waals surface area contributed by atoms with Crippen LogP contribution in [0.3, 0.4) is 0 Å². The highest BCUT2D eigenvalue weighted by molar-refractivity contribution is 5.81. The molecule has 0 spiro atoms. The molecule has 3 rings (SSSR count). The highest BCUT2D eigenvalue weighted by Gasteiger charge is 2.50. The first-order valence-electron chi connectivity index (χ1n) is 7.91. The van der Waals surface area contributed by atoms with Crippen LogP contribution in [-0.2, 0) is 10.2 Å². The number of fused-ring (bicyclic) bond motifs is 1. The van der Waals surface area contributed by atoms with Crippen molar-refractivity contribution in [3.8, 4) is 11.5 Å². The minimum absolute atomic E-state index is 0.0193. The van der Waals surface area contributed by atoms with Crippen LogP contribution >= 0.6 is 0 Å². The van der Waals surface area contributed by atoms with E-state index in [1.165, 1.54) is 19.2 Å². The molecule has 7 heteroatoms. The number of rotatable bonds is 3. The number of nitrogens with zero attached hydrogens (tertiary/aromatic N) is 1. The van der Waals surface area contributed by atoms with Crippen LogP contribution in [0, 0.1) is 0 Å². The molecule has 1 aromatic rings. The van der Waals surface area contributed by atoms with E-state index in [4.69, 9.17) is 4.74 Å². The molecule has 1 saturated carbocycles. The van der Waals surface area contributed by atoms with Crippen molar-refractivity contribution in [1.29, 1.82) is 0 Å². The Morgan fingerprint density at radius 1 is 1.25 bits per heavy atom. The van der Waals surface area contributed by atoms with Gasteiger partial charge in [-0.25, -0.2) is 0 Å². The van der Waals surface area contributed by atoms with Crippen molar-refractivity contribution >= 4 is 5.78 Å². The molecule has 132 valence electrons. The molecule has 1 heterocycles. The Balaban J connectivity index is 2.02. The maximum absolute atomic E-state index is 12.7. The van der Waals surface area contributed by atoms with E-state index in [-0.39, 0.29) is 28.7 Å². The van der Waals surface area contributed by atoms with Gasteiger partial charge in [-0.2, -0.15) is 0 Å². The van der Waals surface area contributed by atoms with Crippen molar-refractivity contribution in [1.82, 2.24) is 4.90 Å². The van der Waals surface area contributed by atoms with Crippen molar-refractivity contribution < 1.29 is 27.4 Å². The highest BCUT2D eigenvalue weighted by atomic mass is 19.4. The lowest BCUT2D eigenvalue weighted by atomic mass is 9.66. The van der Waals surface area contributed by atoms with Crippen molar-refractivity contribution in [3.05, 3.63) is 23.8 Å². The number of likely N-dealkylation sites (tertiary alicyclic amines) is 1. The summed E-state index contributed by atoms with van der Waals surface area (Å²) in [5, 5.41) is 0. The first kappa shape index (κ1) is 17.1. The Kier molecular flexibility index (Phi) is 4.23. The third-order valence-corrected chi connectivity index (χ3v) is 5.32. The second kappa shape index (κ2) is 5.95. The maximum Gasteiger partial charge on any atom is 0.573 e. The van der Waals surface area contributed by atoms with Crippen molar-refractivity contribution in [2.24, 2.45) is 0 Å². The molecule has 0 bridgehead atoms. The zero-order valence-corrected chi connectivity index (χ0v) is 13.7. The number of methoxy groups -OCH3 is 1. The predicted molar refractivity (Wildman–Crippen MR) is 81.2 cm³/mol. The number of Topliss-reactive ketones (excluding diaryl/α,β-unsaturated/α-hetero) is 1. The number of ketones is 1. The summed E-state index contributed by atoms with van der Waals surface area (Å²) >= 11 is 0. The van der Waals surface area contributed by atoms with Crippen molar-refractivity contribution in [3.63, 3.8) is 0 Å². The monoisotopic (exact) mass is 343 g/mol. The molecule has 2 atom stereocenters. The Morgan fingerprint density at radius 2 is 2.00 bits per heavy atom. The van der Waals surface area contributed by atoms with Gasteiger partial charge in [0, 0.05) is 24.3 Å². The van der Waals surface area contributed by atoms with Crippen LogP contribution in [-0.4, -0.2) is 43.8 Å². The minimum Gasteiger partial charge on any atom is -0.493 e. The predicted octanol–water partition coefficient (Wildman–Crippen LogP) is 3.29. The van der Waals surface area contributed by atoms with Crippen LogP contribution in [0.15, 0.2) is 18.2 Å². The fourth-order valence-electron chi connectivity index (χ4n) is 4.12. The average Bonchev–Trinajstić information content (AvgIpc) is 2.84. The van der Waals surface area contributed by atoms with Crippen LogP contribution in [0.4, 0.5) is 13.2 Å². The van der Waals surface area contributed by atoms with E-state index in [0.717, 1.165) is 18.5 Å². The maximum atomic E-state index is 12.7. The number of hydrogen-bond acceptors (Lipinski definition) is 4. The molecule has 0 N–H and O–H groups in total. The summed E-state index contributed by atoms with van der Waals surface area (Å²) in [6.45, 7) is 0.819. The van der Waals surface area contributed by atoms with Gasteiger partial charge in [0.25, 0.3) is 0 Å². The zero-order valence-electron chi connectivity index (χ0n) is 13.7. The Hall–Kier alpha value is -1.76. The molecule has 2 fully saturated rings. The van der Waals surface area contributed by atoms with E-state index in [2.05, 4.69) is 9.64 Å². The van der Waals surface area contributed by atoms with Crippen LogP contribution in [0.25, 0.3) is 0 Å². The molecule has 4 nitrogen and oxygen atoms in total. The van der Waals surface area contributed by atoms with Gasteiger partial charge in [0.15, 0.2) is 11.5 Å². The Labute approximate surface area is 138 Å². The van der Waals surface area contributed by atoms with E-state index in [1.807, 2.05) is 7.05 Å². The quantitative estimate of drug-likeness (QED) is 0.844. The molecule has 0 aromatic heterocycles. The van der Waals surface area contributed by atoms with Crippen LogP contribution < -0.4 is 9.47 Å². The van der Waals surface area contributed by atoms with Gasteiger partial charge in [0.1, 0.15) is 5.78 Å². The number of halogens is 3. The number of ether oxygens (including phenoxy) is 2. The van der Waals surface area contributed by atoms with Crippen LogP contribution in [0.5, 0.6) is 11.5 Å². The third kappa shape index (κ3) is 2.97. The second-order valence-corrected chi connectivity index (χ2v) is 6.56. The van der Waals surface area contributed by atoms with Crippen LogP contribution in [0.2, 0.25) is 0 Å². The van der Waals surface area contributed by atoms with E-state index in [9.17, 15) is 18.0 Å². The number of hydrogen-bond donors (Lipinski definition) is 0. The number of carbonyl (C=O) groups is 1. The minimum atomic E-state index is -4.78. The Bertz CT molecular complexity index is 646. The SMILES string of the molecule is COc1ccc([C@@]23CCC(=O)C[C@H]2N(C)CC3)cc1OC(F)(F)F. The number of alkyl halides is 3. The zero-order chi connectivity index (χ0) is 17.5. The molecule has 1 aliphatic heterocycles. The van der Waals surface area contributed by atoms with Gasteiger partial charge in [-0.15, -0.1) is 13.2 Å². The van der Waals surface area contributed by atoms with E-state index in [0.29, 0.717) is 19.3 Å². The van der Waals surface area contributed by atoms with Crippen LogP contribution in [0.1, 0.15) is 31.2 Å². The lowest BCUT2D eigenvalue weighted by Gasteiger charge is -2.41. The molecule has 2 aliphatic rings. The van der Waals surface area contributed by atoms with Gasteiger partial charge in [-0.1, -0.05) is 6.07 Å². The summed E-state index contributed by atoms with van der Waals surface area (Å²) in [6, 6.07) is 4.75. The summed E-state index contributed by atoms with van der Waals surface area (Å²) in [5.41, 5.74) is 0.475. The third-order valence-electron chi connectivity index (χ3n) is 5.32. The number of likely N-dealkylation sites (N-methyl/N-ethyl adjacent to an activating group) is 1. The van der Waals surface area contributed by atoms with Gasteiger partial charge < -0.3 is 14.4 Å². The summed E-state index contributed by atoms with van der Waals surface area (Å²) in [7, 11) is 3.27. The second-order valence-electron chi connectivity index (χ2n) is 6.56. The van der Waals surface area contributed by atoms with E-state index in [1.54, 1.807) is 6.07 Å². The highest BCUT2D eigenvalue weighted by Crippen LogP contribution is 2.49. The Morgan fingerprint density at radius 3 is 2.67 bits per heavy atom. The lowest BCUT2D eigenvalue weighted by Crippen LogP contribution is -2.46. The van der Waals surface area contributed by atoms with Gasteiger partial charge >= 0.3 is 6.36 Å². The molecule has 1 saturated heterocycles. The van der Waals surface area contributed by atoms with E-state index < -0.39 is 6.36 Å². The fraction of sp³-hybridized carbons (Fsp3) is 0.588. The van der Waals surface area contributed by atoms with Gasteiger partial charge in [-0.3, -0.25) is 4.79 Å². The summed E-state index contributed by atoms with van der Waals surface area (Å²) in [5.74, 6) is -0.0750. The molecular weight excluding hydrogens is 323 g/mol. The summed E-state index contributed by atoms with van der Waals surface area (Å²) in [6.07, 6.45) is -2.40. The summed E-state index contributed by atoms with van der Waals surface area (Å²) < 4.78 is 47.2. The first-order chi connectivity index (χ1) is 11.2. The lowest BCUT2D eigenvalue weighted by molar-refractivity contribution is -0.275. The molecule has 1 aliphatic carbocycles. The van der Waals surface area contributed by atoms with Gasteiger partial charge in [0.05, 0.1) is 7.11 Å². The normalized spacial score (nSPS) is 27.9. The largest absolute Gasteiger partial charge is 0.573 e. The van der Waals surface area contributed by atoms with Crippen molar-refractivity contribution in [2.45, 2.75) is 43.5 Å². The molecule has 0 unspecified atom stereocenters. The number of carbonyl (C=O) groups excluding carboxylic acids is 1. The molecule has 1 aromatic carbocycles. The molecule has 0 radical (unpaired) electrons. The first-order valence-corrected chi connectivity index (χ1v) is 7.91. The number of benzene rings is 1. The van der Waals surface area contributed by atoms with Crippen molar-refractivity contribution in [2.75, 3.05) is 20.7 Å². The summed E-state index contributed by atoms with van der Waals surface area (Å²) in [4.78, 5) is 14.0. The standard InChI is InChI=1S/C17H20F3NO3/c1-21-8-7-16(6-5-12(22)10-15(16)21)11-3-4-13(23-2)14(9-11)24-17(18,19)20/h3-4,9,15H,5-8,10H2,1-2H3/t15-,16+/m1/s1. The van der Waals surface area contributed by atoms with Gasteiger partial charge in [0.2, 0.25) is 0 Å². The molecule has 24 heavy (non-hydrogen) atoms. The van der Waals surface area contributed by atoms with Gasteiger partial charge in [-0.05, 0) is 44.1 Å².